The number of fused-ring (bicyclic) bond motifs is 2. The standard InChI is InChI=1S/C20H22FN3O2/c1-13-22-11-15-6-8-20(18(15)23-13)7-3-9-24(12-20)19(25)14-4-5-16(21)17(10-14)26-2/h4-5,10-11H,3,6-9,12H2,1-2H3. The first-order valence-corrected chi connectivity index (χ1v) is 8.98. The minimum absolute atomic E-state index is 0.0818. The van der Waals surface area contributed by atoms with E-state index in [4.69, 9.17) is 9.72 Å². The Morgan fingerprint density at radius 3 is 3.00 bits per heavy atom. The van der Waals surface area contributed by atoms with Crippen molar-refractivity contribution in [3.05, 3.63) is 52.9 Å². The Morgan fingerprint density at radius 2 is 2.19 bits per heavy atom. The van der Waals surface area contributed by atoms with E-state index in [1.165, 1.54) is 30.9 Å². The number of aryl methyl sites for hydroxylation is 2. The quantitative estimate of drug-likeness (QED) is 0.831. The molecule has 4 rings (SSSR count). The Hall–Kier alpha value is -2.50. The number of nitrogens with zero attached hydrogens (tertiary/aromatic N) is 3. The van der Waals surface area contributed by atoms with Gasteiger partial charge in [-0.25, -0.2) is 14.4 Å². The molecule has 136 valence electrons. The maximum absolute atomic E-state index is 13.7. The van der Waals surface area contributed by atoms with Crippen molar-refractivity contribution in [3.63, 3.8) is 0 Å². The molecule has 1 fully saturated rings. The zero-order valence-corrected chi connectivity index (χ0v) is 15.1. The lowest BCUT2D eigenvalue weighted by Gasteiger charge is -2.40. The molecule has 1 spiro atoms. The van der Waals surface area contributed by atoms with Crippen LogP contribution in [0.1, 0.15) is 46.7 Å². The maximum Gasteiger partial charge on any atom is 0.254 e. The van der Waals surface area contributed by atoms with Crippen LogP contribution in [0.15, 0.2) is 24.4 Å². The summed E-state index contributed by atoms with van der Waals surface area (Å²) in [6, 6.07) is 4.29. The Kier molecular flexibility index (Phi) is 4.13. The Bertz CT molecular complexity index is 866. The largest absolute Gasteiger partial charge is 0.494 e. The van der Waals surface area contributed by atoms with Crippen LogP contribution in [0.25, 0.3) is 0 Å². The number of likely N-dealkylation sites (tertiary alicyclic amines) is 1. The van der Waals surface area contributed by atoms with Crippen molar-refractivity contribution in [2.24, 2.45) is 0 Å². The monoisotopic (exact) mass is 355 g/mol. The molecule has 2 aliphatic rings. The van der Waals surface area contributed by atoms with E-state index in [-0.39, 0.29) is 17.1 Å². The molecule has 1 aliphatic carbocycles. The fourth-order valence-corrected chi connectivity index (χ4v) is 4.31. The summed E-state index contributed by atoms with van der Waals surface area (Å²) in [5, 5.41) is 0. The molecule has 2 aromatic rings. The second-order valence-corrected chi connectivity index (χ2v) is 7.25. The number of methoxy groups -OCH3 is 1. The number of hydrogen-bond donors (Lipinski definition) is 0. The fraction of sp³-hybridized carbons (Fsp3) is 0.450. The zero-order chi connectivity index (χ0) is 18.3. The summed E-state index contributed by atoms with van der Waals surface area (Å²) in [6.45, 7) is 3.26. The first kappa shape index (κ1) is 16.9. The molecular weight excluding hydrogens is 333 g/mol. The predicted molar refractivity (Wildman–Crippen MR) is 94.9 cm³/mol. The summed E-state index contributed by atoms with van der Waals surface area (Å²) < 4.78 is 18.7. The first-order chi connectivity index (χ1) is 12.5. The molecule has 1 unspecified atom stereocenters. The number of halogens is 1. The van der Waals surface area contributed by atoms with Gasteiger partial charge in [0.2, 0.25) is 0 Å². The second-order valence-electron chi connectivity index (χ2n) is 7.25. The van der Waals surface area contributed by atoms with Crippen molar-refractivity contribution < 1.29 is 13.9 Å². The zero-order valence-electron chi connectivity index (χ0n) is 15.1. The van der Waals surface area contributed by atoms with Crippen LogP contribution >= 0.6 is 0 Å². The van der Waals surface area contributed by atoms with Gasteiger partial charge in [-0.1, -0.05) is 0 Å². The summed E-state index contributed by atoms with van der Waals surface area (Å²) in [6.07, 6.45) is 5.86. The van der Waals surface area contributed by atoms with Crippen LogP contribution in [0.5, 0.6) is 5.75 Å². The number of carbonyl (C=O) groups is 1. The van der Waals surface area contributed by atoms with Gasteiger partial charge in [0, 0.05) is 30.3 Å². The minimum atomic E-state index is -0.462. The summed E-state index contributed by atoms with van der Waals surface area (Å²) in [7, 11) is 1.40. The molecular formula is C20H22FN3O2. The van der Waals surface area contributed by atoms with E-state index in [0.29, 0.717) is 18.7 Å². The molecule has 1 aromatic carbocycles. The highest BCUT2D eigenvalue weighted by molar-refractivity contribution is 5.94. The number of piperidine rings is 1. The van der Waals surface area contributed by atoms with E-state index in [1.807, 2.05) is 18.0 Å². The highest BCUT2D eigenvalue weighted by Gasteiger charge is 2.44. The molecule has 1 saturated heterocycles. The van der Waals surface area contributed by atoms with Gasteiger partial charge in [0.1, 0.15) is 5.82 Å². The third kappa shape index (κ3) is 2.73. The number of carbonyl (C=O) groups excluding carboxylic acids is 1. The van der Waals surface area contributed by atoms with Crippen LogP contribution < -0.4 is 4.74 Å². The number of hydrogen-bond acceptors (Lipinski definition) is 4. The number of ether oxygens (including phenoxy) is 1. The predicted octanol–water partition coefficient (Wildman–Crippen LogP) is 3.05. The highest BCUT2D eigenvalue weighted by atomic mass is 19.1. The summed E-state index contributed by atoms with van der Waals surface area (Å²) in [5.74, 6) is 0.326. The SMILES string of the molecule is COc1cc(C(=O)N2CCCC3(CCc4cnc(C)nc43)C2)ccc1F. The average molecular weight is 355 g/mol. The third-order valence-electron chi connectivity index (χ3n) is 5.62. The Labute approximate surface area is 152 Å². The van der Waals surface area contributed by atoms with E-state index in [0.717, 1.165) is 37.2 Å². The molecule has 0 N–H and O–H groups in total. The smallest absolute Gasteiger partial charge is 0.254 e. The van der Waals surface area contributed by atoms with E-state index >= 15 is 0 Å². The van der Waals surface area contributed by atoms with E-state index in [2.05, 4.69) is 4.98 Å². The van der Waals surface area contributed by atoms with Crippen LogP contribution in [0.2, 0.25) is 0 Å². The van der Waals surface area contributed by atoms with Gasteiger partial charge in [-0.2, -0.15) is 0 Å². The van der Waals surface area contributed by atoms with Crippen LogP contribution in [0.3, 0.4) is 0 Å². The van der Waals surface area contributed by atoms with Gasteiger partial charge in [0.05, 0.1) is 12.8 Å². The molecule has 0 saturated carbocycles. The van der Waals surface area contributed by atoms with Crippen molar-refractivity contribution in [1.82, 2.24) is 14.9 Å². The van der Waals surface area contributed by atoms with Crippen molar-refractivity contribution in [1.29, 1.82) is 0 Å². The third-order valence-corrected chi connectivity index (χ3v) is 5.62. The van der Waals surface area contributed by atoms with Gasteiger partial charge in [-0.05, 0) is 56.4 Å². The van der Waals surface area contributed by atoms with Gasteiger partial charge >= 0.3 is 0 Å². The molecule has 1 aliphatic heterocycles. The molecule has 26 heavy (non-hydrogen) atoms. The van der Waals surface area contributed by atoms with Crippen molar-refractivity contribution in [3.8, 4) is 5.75 Å². The molecule has 0 bridgehead atoms. The van der Waals surface area contributed by atoms with Crippen molar-refractivity contribution in [2.75, 3.05) is 20.2 Å². The number of aromatic nitrogens is 2. The van der Waals surface area contributed by atoms with Gasteiger partial charge in [-0.15, -0.1) is 0 Å². The van der Waals surface area contributed by atoms with Gasteiger partial charge in [-0.3, -0.25) is 4.79 Å². The molecule has 6 heteroatoms. The topological polar surface area (TPSA) is 55.3 Å². The van der Waals surface area contributed by atoms with E-state index in [9.17, 15) is 9.18 Å². The van der Waals surface area contributed by atoms with Gasteiger partial charge in [0.15, 0.2) is 11.6 Å². The first-order valence-electron chi connectivity index (χ1n) is 8.98. The number of rotatable bonds is 2. The molecule has 2 heterocycles. The maximum atomic E-state index is 13.7. The molecule has 1 aromatic heterocycles. The highest BCUT2D eigenvalue weighted by Crippen LogP contribution is 2.44. The van der Waals surface area contributed by atoms with Crippen LogP contribution in [0, 0.1) is 12.7 Å². The molecule has 0 radical (unpaired) electrons. The van der Waals surface area contributed by atoms with Gasteiger partial charge < -0.3 is 9.64 Å². The van der Waals surface area contributed by atoms with Gasteiger partial charge in [0.25, 0.3) is 5.91 Å². The number of amides is 1. The normalized spacial score (nSPS) is 21.7. The molecule has 5 nitrogen and oxygen atoms in total. The van der Waals surface area contributed by atoms with Crippen LogP contribution in [-0.2, 0) is 11.8 Å². The lowest BCUT2D eigenvalue weighted by Crippen LogP contribution is -2.48. The van der Waals surface area contributed by atoms with E-state index in [1.54, 1.807) is 0 Å². The van der Waals surface area contributed by atoms with E-state index < -0.39 is 5.82 Å². The van der Waals surface area contributed by atoms with Crippen LogP contribution in [-0.4, -0.2) is 41.0 Å². The Morgan fingerprint density at radius 1 is 1.35 bits per heavy atom. The average Bonchev–Trinajstić information content (AvgIpc) is 2.99. The fourth-order valence-electron chi connectivity index (χ4n) is 4.31. The number of benzene rings is 1. The lowest BCUT2D eigenvalue weighted by molar-refractivity contribution is 0.0633. The summed E-state index contributed by atoms with van der Waals surface area (Å²) in [5.41, 5.74) is 2.69. The van der Waals surface area contributed by atoms with Crippen molar-refractivity contribution >= 4 is 5.91 Å². The minimum Gasteiger partial charge on any atom is -0.494 e. The molecule has 1 atom stereocenters. The van der Waals surface area contributed by atoms with Crippen molar-refractivity contribution in [2.45, 2.75) is 38.0 Å². The lowest BCUT2D eigenvalue weighted by atomic mass is 9.77. The summed E-state index contributed by atoms with van der Waals surface area (Å²) >= 11 is 0. The molecule has 1 amide bonds. The second kappa shape index (κ2) is 6.34. The Balaban J connectivity index is 1.62. The summed E-state index contributed by atoms with van der Waals surface area (Å²) in [4.78, 5) is 23.9. The van der Waals surface area contributed by atoms with Crippen LogP contribution in [0.4, 0.5) is 4.39 Å².